The number of ether oxygens (including phenoxy) is 1. The zero-order chi connectivity index (χ0) is 13.8. The third-order valence-electron chi connectivity index (χ3n) is 2.78. The molecule has 2 aromatic rings. The molecule has 0 fully saturated rings. The number of nitrogens with one attached hydrogen (secondary N) is 1. The zero-order valence-corrected chi connectivity index (χ0v) is 12.5. The van der Waals surface area contributed by atoms with Crippen molar-refractivity contribution < 1.29 is 13.9 Å². The fourth-order valence-corrected chi connectivity index (χ4v) is 2.18. The van der Waals surface area contributed by atoms with Crippen LogP contribution in [0.15, 0.2) is 33.2 Å². The van der Waals surface area contributed by atoms with Crippen LogP contribution in [0, 0.1) is 0 Å². The minimum Gasteiger partial charge on any atom is -0.465 e. The first-order chi connectivity index (χ1) is 9.10. The lowest BCUT2D eigenvalue weighted by Gasteiger charge is -2.10. The second kappa shape index (κ2) is 6.21. The summed E-state index contributed by atoms with van der Waals surface area (Å²) in [6, 6.07) is 7.78. The summed E-state index contributed by atoms with van der Waals surface area (Å²) < 4.78 is 11.6. The van der Waals surface area contributed by atoms with Crippen molar-refractivity contribution in [2.45, 2.75) is 19.9 Å². The molecule has 0 saturated carbocycles. The number of esters is 1. The van der Waals surface area contributed by atoms with Crippen LogP contribution in [0.25, 0.3) is 11.0 Å². The van der Waals surface area contributed by atoms with E-state index in [-0.39, 0.29) is 18.6 Å². The zero-order valence-electron chi connectivity index (χ0n) is 10.9. The Bertz CT molecular complexity index is 579. The number of benzene rings is 1. The molecule has 0 bridgehead atoms. The third-order valence-corrected chi connectivity index (χ3v) is 3.28. The van der Waals surface area contributed by atoms with E-state index in [0.29, 0.717) is 6.61 Å². The normalized spacial score (nSPS) is 12.6. The van der Waals surface area contributed by atoms with Crippen molar-refractivity contribution in [3.63, 3.8) is 0 Å². The van der Waals surface area contributed by atoms with Gasteiger partial charge in [0.2, 0.25) is 0 Å². The molecule has 0 saturated heterocycles. The molecule has 1 heterocycles. The quantitative estimate of drug-likeness (QED) is 0.856. The molecule has 19 heavy (non-hydrogen) atoms. The summed E-state index contributed by atoms with van der Waals surface area (Å²) >= 11 is 3.43. The minimum atomic E-state index is -0.256. The van der Waals surface area contributed by atoms with E-state index in [4.69, 9.17) is 9.15 Å². The molecule has 1 aromatic carbocycles. The Morgan fingerprint density at radius 2 is 2.26 bits per heavy atom. The highest BCUT2D eigenvalue weighted by Crippen LogP contribution is 2.26. The van der Waals surface area contributed by atoms with E-state index in [9.17, 15) is 4.79 Å². The van der Waals surface area contributed by atoms with E-state index < -0.39 is 0 Å². The van der Waals surface area contributed by atoms with Crippen LogP contribution in [-0.2, 0) is 9.53 Å². The smallest absolute Gasteiger partial charge is 0.319 e. The summed E-state index contributed by atoms with van der Waals surface area (Å²) in [5.41, 5.74) is 0.836. The van der Waals surface area contributed by atoms with E-state index in [1.54, 1.807) is 6.92 Å². The van der Waals surface area contributed by atoms with E-state index in [2.05, 4.69) is 21.2 Å². The van der Waals surface area contributed by atoms with Gasteiger partial charge in [-0.3, -0.25) is 10.1 Å². The summed E-state index contributed by atoms with van der Waals surface area (Å²) in [5, 5.41) is 4.12. The Balaban J connectivity index is 2.04. The van der Waals surface area contributed by atoms with Gasteiger partial charge in [0.05, 0.1) is 19.2 Å². The van der Waals surface area contributed by atoms with Crippen molar-refractivity contribution in [1.29, 1.82) is 0 Å². The maximum atomic E-state index is 11.3. The molecule has 0 amide bonds. The molecular formula is C14H16BrNO3. The van der Waals surface area contributed by atoms with Crippen LogP contribution in [0.1, 0.15) is 25.6 Å². The number of furan rings is 1. The maximum Gasteiger partial charge on any atom is 0.319 e. The minimum absolute atomic E-state index is 0.0458. The summed E-state index contributed by atoms with van der Waals surface area (Å²) in [5.74, 6) is 0.547. The van der Waals surface area contributed by atoms with Crippen LogP contribution in [-0.4, -0.2) is 19.1 Å². The van der Waals surface area contributed by atoms with Gasteiger partial charge in [-0.25, -0.2) is 0 Å². The van der Waals surface area contributed by atoms with Crippen molar-refractivity contribution >= 4 is 32.9 Å². The van der Waals surface area contributed by atoms with Gasteiger partial charge in [-0.1, -0.05) is 15.9 Å². The third kappa shape index (κ3) is 3.58. The van der Waals surface area contributed by atoms with Gasteiger partial charge in [0, 0.05) is 9.86 Å². The predicted molar refractivity (Wildman–Crippen MR) is 77.0 cm³/mol. The van der Waals surface area contributed by atoms with Gasteiger partial charge < -0.3 is 9.15 Å². The number of carbonyl (C=O) groups is 1. The Labute approximate surface area is 120 Å². The van der Waals surface area contributed by atoms with Crippen molar-refractivity contribution in [3.05, 3.63) is 34.5 Å². The predicted octanol–water partition coefficient (Wildman–Crippen LogP) is 3.41. The van der Waals surface area contributed by atoms with Gasteiger partial charge >= 0.3 is 5.97 Å². The first-order valence-electron chi connectivity index (χ1n) is 6.18. The van der Waals surface area contributed by atoms with Crippen molar-refractivity contribution in [2.24, 2.45) is 0 Å². The van der Waals surface area contributed by atoms with E-state index in [0.717, 1.165) is 21.2 Å². The Morgan fingerprint density at radius 3 is 3.00 bits per heavy atom. The number of hydrogen-bond donors (Lipinski definition) is 1. The van der Waals surface area contributed by atoms with E-state index in [1.807, 2.05) is 31.2 Å². The maximum absolute atomic E-state index is 11.3. The highest BCUT2D eigenvalue weighted by atomic mass is 79.9. The summed E-state index contributed by atoms with van der Waals surface area (Å²) in [6.45, 7) is 4.31. The number of rotatable bonds is 5. The molecule has 1 N–H and O–H groups in total. The molecular weight excluding hydrogens is 310 g/mol. The summed E-state index contributed by atoms with van der Waals surface area (Å²) in [7, 11) is 0. The Morgan fingerprint density at radius 1 is 1.47 bits per heavy atom. The standard InChI is InChI=1S/C14H16BrNO3/c1-3-18-14(17)8-16-9(2)13-7-10-6-11(15)4-5-12(10)19-13/h4-7,9,16H,3,8H2,1-2H3. The van der Waals surface area contributed by atoms with E-state index in [1.165, 1.54) is 0 Å². The summed E-state index contributed by atoms with van der Waals surface area (Å²) in [6.07, 6.45) is 0. The van der Waals surface area contributed by atoms with Crippen LogP contribution in [0.2, 0.25) is 0 Å². The first kappa shape index (κ1) is 14.1. The lowest BCUT2D eigenvalue weighted by Crippen LogP contribution is -2.27. The fraction of sp³-hybridized carbons (Fsp3) is 0.357. The molecule has 2 rings (SSSR count). The van der Waals surface area contributed by atoms with Gasteiger partial charge in [-0.2, -0.15) is 0 Å². The van der Waals surface area contributed by atoms with Gasteiger partial charge in [-0.05, 0) is 38.1 Å². The SMILES string of the molecule is CCOC(=O)CNC(C)c1cc2cc(Br)ccc2o1. The fourth-order valence-electron chi connectivity index (χ4n) is 1.80. The van der Waals surface area contributed by atoms with Crippen LogP contribution < -0.4 is 5.32 Å². The monoisotopic (exact) mass is 325 g/mol. The molecule has 1 atom stereocenters. The molecule has 0 aliphatic heterocycles. The van der Waals surface area contributed by atoms with Crippen LogP contribution in [0.3, 0.4) is 0 Å². The van der Waals surface area contributed by atoms with Crippen LogP contribution >= 0.6 is 15.9 Å². The van der Waals surface area contributed by atoms with Crippen LogP contribution in [0.4, 0.5) is 0 Å². The molecule has 1 unspecified atom stereocenters. The van der Waals surface area contributed by atoms with Gasteiger partial charge in [-0.15, -0.1) is 0 Å². The van der Waals surface area contributed by atoms with Crippen LogP contribution in [0.5, 0.6) is 0 Å². The molecule has 5 heteroatoms. The highest BCUT2D eigenvalue weighted by Gasteiger charge is 2.13. The largest absolute Gasteiger partial charge is 0.465 e. The number of halogens is 1. The first-order valence-corrected chi connectivity index (χ1v) is 6.97. The van der Waals surface area contributed by atoms with Gasteiger partial charge in [0.25, 0.3) is 0 Å². The molecule has 1 aromatic heterocycles. The Hall–Kier alpha value is -1.33. The highest BCUT2D eigenvalue weighted by molar-refractivity contribution is 9.10. The molecule has 0 spiro atoms. The average Bonchev–Trinajstić information content (AvgIpc) is 2.79. The van der Waals surface area contributed by atoms with Gasteiger partial charge in [0.15, 0.2) is 0 Å². The Kier molecular flexibility index (Phi) is 4.61. The second-order valence-corrected chi connectivity index (χ2v) is 5.15. The van der Waals surface area contributed by atoms with E-state index >= 15 is 0 Å². The molecule has 0 radical (unpaired) electrons. The van der Waals surface area contributed by atoms with Crippen molar-refractivity contribution in [1.82, 2.24) is 5.32 Å². The summed E-state index contributed by atoms with van der Waals surface area (Å²) in [4.78, 5) is 11.3. The molecule has 102 valence electrons. The second-order valence-electron chi connectivity index (χ2n) is 4.24. The average molecular weight is 326 g/mol. The lowest BCUT2D eigenvalue weighted by atomic mass is 10.2. The number of fused-ring (bicyclic) bond motifs is 1. The molecule has 0 aliphatic carbocycles. The topological polar surface area (TPSA) is 51.5 Å². The lowest BCUT2D eigenvalue weighted by molar-refractivity contribution is -0.142. The molecule has 0 aliphatic rings. The number of carbonyl (C=O) groups excluding carboxylic acids is 1. The van der Waals surface area contributed by atoms with Crippen molar-refractivity contribution in [2.75, 3.05) is 13.2 Å². The molecule has 4 nitrogen and oxygen atoms in total. The van der Waals surface area contributed by atoms with Gasteiger partial charge in [0.1, 0.15) is 11.3 Å². The number of hydrogen-bond acceptors (Lipinski definition) is 4. The van der Waals surface area contributed by atoms with Crippen molar-refractivity contribution in [3.8, 4) is 0 Å².